The first-order chi connectivity index (χ1) is 10.1. The van der Waals surface area contributed by atoms with Crippen LogP contribution in [-0.2, 0) is 6.42 Å². The summed E-state index contributed by atoms with van der Waals surface area (Å²) in [5.74, 6) is -0.196. The lowest BCUT2D eigenvalue weighted by Gasteiger charge is -2.05. The number of thiazole rings is 1. The first-order valence-corrected chi connectivity index (χ1v) is 8.48. The molecule has 0 saturated carbocycles. The molecule has 8 heteroatoms. The van der Waals surface area contributed by atoms with Gasteiger partial charge in [0, 0.05) is 12.6 Å². The number of nitrogens with one attached hydrogen (secondary N) is 1. The van der Waals surface area contributed by atoms with Crippen LogP contribution in [0, 0.1) is 3.57 Å². The second kappa shape index (κ2) is 5.98. The van der Waals surface area contributed by atoms with E-state index in [1.54, 1.807) is 6.07 Å². The van der Waals surface area contributed by atoms with Gasteiger partial charge in [0.25, 0.3) is 5.91 Å². The van der Waals surface area contributed by atoms with Gasteiger partial charge in [-0.2, -0.15) is 0 Å². The Bertz CT molecular complexity index is 747. The average molecular weight is 434 g/mol. The second-order valence-corrected chi connectivity index (χ2v) is 6.92. The molecule has 0 saturated heterocycles. The highest BCUT2D eigenvalue weighted by Crippen LogP contribution is 2.30. The van der Waals surface area contributed by atoms with E-state index >= 15 is 0 Å². The van der Waals surface area contributed by atoms with Crippen LogP contribution in [0.1, 0.15) is 38.6 Å². The van der Waals surface area contributed by atoms with Crippen LogP contribution in [0.3, 0.4) is 0 Å². The summed E-state index contributed by atoms with van der Waals surface area (Å²) in [5, 5.41) is 3.47. The minimum atomic E-state index is -0.303. The number of fused-ring (bicyclic) bond motifs is 1. The number of rotatable bonds is 2. The SMILES string of the molecule is O=C(Nc1nc2c(s1)C(=O)CCC2)c1ccnc(Cl)c1I. The number of carbonyl (C=O) groups is 2. The van der Waals surface area contributed by atoms with Crippen molar-refractivity contribution in [2.24, 2.45) is 0 Å². The Balaban J connectivity index is 1.85. The molecule has 0 fully saturated rings. The highest BCUT2D eigenvalue weighted by molar-refractivity contribution is 14.1. The van der Waals surface area contributed by atoms with Gasteiger partial charge in [0.2, 0.25) is 0 Å². The number of Topliss-reactive ketones (excluding diaryl/α,β-unsaturated/α-hetero) is 1. The molecule has 1 aliphatic carbocycles. The summed E-state index contributed by atoms with van der Waals surface area (Å²) in [6.45, 7) is 0. The number of anilines is 1. The maximum Gasteiger partial charge on any atom is 0.258 e. The monoisotopic (exact) mass is 433 g/mol. The molecular formula is C13H9ClIN3O2S. The molecule has 0 unspecified atom stereocenters. The van der Waals surface area contributed by atoms with Crippen molar-refractivity contribution in [3.05, 3.63) is 37.1 Å². The second-order valence-electron chi connectivity index (χ2n) is 4.49. The summed E-state index contributed by atoms with van der Waals surface area (Å²) in [4.78, 5) is 33.0. The van der Waals surface area contributed by atoms with Crippen molar-refractivity contribution in [1.29, 1.82) is 0 Å². The number of hydrogen-bond acceptors (Lipinski definition) is 5. The number of nitrogens with zero attached hydrogens (tertiary/aromatic N) is 2. The van der Waals surface area contributed by atoms with E-state index in [9.17, 15) is 9.59 Å². The zero-order valence-corrected chi connectivity index (χ0v) is 14.4. The molecule has 0 aromatic carbocycles. The topological polar surface area (TPSA) is 72.0 Å². The van der Waals surface area contributed by atoms with E-state index in [4.69, 9.17) is 11.6 Å². The van der Waals surface area contributed by atoms with E-state index in [2.05, 4.69) is 15.3 Å². The summed E-state index contributed by atoms with van der Waals surface area (Å²) in [7, 11) is 0. The molecule has 2 aromatic rings. The molecule has 5 nitrogen and oxygen atoms in total. The smallest absolute Gasteiger partial charge is 0.258 e. The Morgan fingerprint density at radius 2 is 2.24 bits per heavy atom. The van der Waals surface area contributed by atoms with Crippen LogP contribution in [0.2, 0.25) is 5.15 Å². The normalized spacial score (nSPS) is 13.9. The van der Waals surface area contributed by atoms with Crippen LogP contribution in [-0.4, -0.2) is 21.7 Å². The van der Waals surface area contributed by atoms with E-state index in [0.717, 1.165) is 18.5 Å². The Morgan fingerprint density at radius 3 is 3.00 bits per heavy atom. The number of aromatic nitrogens is 2. The molecule has 0 bridgehead atoms. The quantitative estimate of drug-likeness (QED) is 0.581. The number of carbonyl (C=O) groups excluding carboxylic acids is 2. The summed E-state index contributed by atoms with van der Waals surface area (Å²) in [6.07, 6.45) is 3.64. The van der Waals surface area contributed by atoms with Gasteiger partial charge in [-0.15, -0.1) is 0 Å². The predicted molar refractivity (Wildman–Crippen MR) is 89.3 cm³/mol. The summed E-state index contributed by atoms with van der Waals surface area (Å²) >= 11 is 9.12. The number of aryl methyl sites for hydroxylation is 1. The van der Waals surface area contributed by atoms with E-state index in [0.29, 0.717) is 25.6 Å². The first-order valence-electron chi connectivity index (χ1n) is 6.20. The van der Waals surface area contributed by atoms with Crippen LogP contribution in [0.5, 0.6) is 0 Å². The van der Waals surface area contributed by atoms with Gasteiger partial charge in [0.05, 0.1) is 19.7 Å². The number of hydrogen-bond donors (Lipinski definition) is 1. The largest absolute Gasteiger partial charge is 0.298 e. The fourth-order valence-electron chi connectivity index (χ4n) is 2.08. The Morgan fingerprint density at radius 1 is 1.43 bits per heavy atom. The molecule has 2 heterocycles. The first kappa shape index (κ1) is 14.9. The standard InChI is InChI=1S/C13H9ClIN3O2S/c14-11-9(15)6(4-5-16-11)12(20)18-13-17-7-2-1-3-8(19)10(7)21-13/h4-5H,1-3H2,(H,17,18,20). The van der Waals surface area contributed by atoms with Gasteiger partial charge in [0.15, 0.2) is 10.9 Å². The van der Waals surface area contributed by atoms with E-state index in [-0.39, 0.29) is 16.8 Å². The number of halogens is 2. The lowest BCUT2D eigenvalue weighted by Crippen LogP contribution is -2.13. The third-order valence-electron chi connectivity index (χ3n) is 3.08. The number of pyridine rings is 1. The van der Waals surface area contributed by atoms with Gasteiger partial charge < -0.3 is 0 Å². The van der Waals surface area contributed by atoms with Gasteiger partial charge in [0.1, 0.15) is 5.15 Å². The maximum atomic E-state index is 12.3. The van der Waals surface area contributed by atoms with Crippen molar-refractivity contribution in [3.63, 3.8) is 0 Å². The van der Waals surface area contributed by atoms with Crippen molar-refractivity contribution in [2.45, 2.75) is 19.3 Å². The van der Waals surface area contributed by atoms with Gasteiger partial charge in [-0.05, 0) is 41.5 Å². The fraction of sp³-hybridized carbons (Fsp3) is 0.231. The Hall–Kier alpha value is -1.06. The molecule has 2 aromatic heterocycles. The third kappa shape index (κ3) is 2.95. The van der Waals surface area contributed by atoms with Crippen molar-refractivity contribution < 1.29 is 9.59 Å². The molecular weight excluding hydrogens is 425 g/mol. The number of amides is 1. The molecule has 0 spiro atoms. The molecule has 108 valence electrons. The fourth-order valence-corrected chi connectivity index (χ4v) is 3.78. The molecule has 3 rings (SSSR count). The van der Waals surface area contributed by atoms with Crippen molar-refractivity contribution >= 4 is 62.4 Å². The van der Waals surface area contributed by atoms with E-state index in [1.807, 2.05) is 22.6 Å². The average Bonchev–Trinajstić information content (AvgIpc) is 2.85. The number of ketones is 1. The van der Waals surface area contributed by atoms with Crippen LogP contribution in [0.25, 0.3) is 0 Å². The van der Waals surface area contributed by atoms with Gasteiger partial charge in [-0.1, -0.05) is 22.9 Å². The van der Waals surface area contributed by atoms with Crippen LogP contribution in [0.4, 0.5) is 5.13 Å². The van der Waals surface area contributed by atoms with Gasteiger partial charge in [-0.25, -0.2) is 9.97 Å². The van der Waals surface area contributed by atoms with E-state index in [1.165, 1.54) is 17.5 Å². The molecule has 1 N–H and O–H groups in total. The van der Waals surface area contributed by atoms with Crippen molar-refractivity contribution in [1.82, 2.24) is 9.97 Å². The predicted octanol–water partition coefficient (Wildman–Crippen LogP) is 3.57. The van der Waals surface area contributed by atoms with Crippen LogP contribution in [0.15, 0.2) is 12.3 Å². The molecule has 1 amide bonds. The zero-order chi connectivity index (χ0) is 15.0. The van der Waals surface area contributed by atoms with Crippen molar-refractivity contribution in [2.75, 3.05) is 5.32 Å². The minimum Gasteiger partial charge on any atom is -0.298 e. The molecule has 0 aliphatic heterocycles. The lowest BCUT2D eigenvalue weighted by molar-refractivity contribution is 0.0975. The van der Waals surface area contributed by atoms with Crippen molar-refractivity contribution in [3.8, 4) is 0 Å². The lowest BCUT2D eigenvalue weighted by atomic mass is 10.0. The van der Waals surface area contributed by atoms with Gasteiger partial charge in [-0.3, -0.25) is 14.9 Å². The Labute approximate surface area is 143 Å². The molecule has 0 atom stereocenters. The molecule has 0 radical (unpaired) electrons. The molecule has 1 aliphatic rings. The highest BCUT2D eigenvalue weighted by Gasteiger charge is 2.23. The zero-order valence-electron chi connectivity index (χ0n) is 10.7. The van der Waals surface area contributed by atoms with Crippen LogP contribution >= 0.6 is 45.5 Å². The summed E-state index contributed by atoms with van der Waals surface area (Å²) in [6, 6.07) is 1.60. The van der Waals surface area contributed by atoms with E-state index < -0.39 is 0 Å². The summed E-state index contributed by atoms with van der Waals surface area (Å²) < 4.78 is 0.590. The minimum absolute atomic E-state index is 0.107. The van der Waals surface area contributed by atoms with Gasteiger partial charge >= 0.3 is 0 Å². The summed E-state index contributed by atoms with van der Waals surface area (Å²) in [5.41, 5.74) is 1.23. The maximum absolute atomic E-state index is 12.3. The molecule has 21 heavy (non-hydrogen) atoms. The van der Waals surface area contributed by atoms with Crippen LogP contribution < -0.4 is 5.32 Å². The Kier molecular flexibility index (Phi) is 4.23. The highest BCUT2D eigenvalue weighted by atomic mass is 127. The third-order valence-corrected chi connectivity index (χ3v) is 5.83.